The van der Waals surface area contributed by atoms with Crippen molar-refractivity contribution in [3.05, 3.63) is 47.1 Å². The Balaban J connectivity index is 1.56. The average molecular weight is 352 g/mol. The minimum atomic E-state index is -0.205. The van der Waals surface area contributed by atoms with Crippen LogP contribution in [-0.4, -0.2) is 64.2 Å². The highest BCUT2D eigenvalue weighted by atomic mass is 16.5. The van der Waals surface area contributed by atoms with Gasteiger partial charge in [0.1, 0.15) is 0 Å². The number of hydrogen-bond donors (Lipinski definition) is 2. The second-order valence-corrected chi connectivity index (χ2v) is 6.09. The van der Waals surface area contributed by atoms with Crippen molar-refractivity contribution in [3.8, 4) is 11.1 Å². The Bertz CT molecular complexity index is 937. The van der Waals surface area contributed by atoms with Crippen LogP contribution >= 0.6 is 0 Å². The quantitative estimate of drug-likeness (QED) is 0.710. The summed E-state index contributed by atoms with van der Waals surface area (Å²) in [4.78, 5) is 30.5. The number of aromatic nitrogens is 4. The van der Waals surface area contributed by atoms with E-state index in [4.69, 9.17) is 4.74 Å². The Morgan fingerprint density at radius 3 is 2.77 bits per heavy atom. The first kappa shape index (κ1) is 16.6. The van der Waals surface area contributed by atoms with Gasteiger partial charge in [-0.15, -0.1) is 0 Å². The third kappa shape index (κ3) is 3.56. The Labute approximate surface area is 150 Å². The number of ether oxygens (including phenoxy) is 1. The zero-order valence-electron chi connectivity index (χ0n) is 14.3. The summed E-state index contributed by atoms with van der Waals surface area (Å²) in [5.41, 5.74) is 1.93. The van der Waals surface area contributed by atoms with Gasteiger partial charge in [-0.1, -0.05) is 0 Å². The highest BCUT2D eigenvalue weighted by molar-refractivity contribution is 5.91. The predicted molar refractivity (Wildman–Crippen MR) is 99.1 cm³/mol. The van der Waals surface area contributed by atoms with Crippen LogP contribution in [0.1, 0.15) is 0 Å². The van der Waals surface area contributed by atoms with Crippen LogP contribution in [-0.2, 0) is 4.74 Å². The summed E-state index contributed by atoms with van der Waals surface area (Å²) in [6, 6.07) is 5.55. The normalized spacial score (nSPS) is 15.2. The molecule has 4 heterocycles. The third-order valence-corrected chi connectivity index (χ3v) is 4.42. The van der Waals surface area contributed by atoms with Crippen LogP contribution in [0.25, 0.3) is 22.2 Å². The lowest BCUT2D eigenvalue weighted by Crippen LogP contribution is -2.39. The highest BCUT2D eigenvalue weighted by Crippen LogP contribution is 2.23. The molecule has 134 valence electrons. The fraction of sp³-hybridized carbons (Fsp3) is 0.333. The van der Waals surface area contributed by atoms with Crippen molar-refractivity contribution in [3.63, 3.8) is 0 Å². The van der Waals surface area contributed by atoms with Gasteiger partial charge in [0, 0.05) is 44.8 Å². The predicted octanol–water partition coefficient (Wildman–Crippen LogP) is 1.12. The summed E-state index contributed by atoms with van der Waals surface area (Å²) in [6.45, 7) is 4.97. The maximum absolute atomic E-state index is 12.6. The molecule has 0 unspecified atom stereocenters. The molecular formula is C18H20N6O2. The van der Waals surface area contributed by atoms with Crippen molar-refractivity contribution in [2.75, 3.05) is 44.7 Å². The third-order valence-electron chi connectivity index (χ3n) is 4.42. The summed E-state index contributed by atoms with van der Waals surface area (Å²) in [5, 5.41) is 3.67. The SMILES string of the molecule is O=c1[nH]c(NCCN2CCOCC2)nc2nccc(-c3ccncc3)c12. The van der Waals surface area contributed by atoms with Gasteiger partial charge >= 0.3 is 0 Å². The van der Waals surface area contributed by atoms with Crippen molar-refractivity contribution in [1.29, 1.82) is 0 Å². The average Bonchev–Trinajstić information content (AvgIpc) is 2.69. The summed E-state index contributed by atoms with van der Waals surface area (Å²) < 4.78 is 5.34. The van der Waals surface area contributed by atoms with E-state index in [9.17, 15) is 4.79 Å². The molecule has 3 aromatic heterocycles. The minimum Gasteiger partial charge on any atom is -0.379 e. The van der Waals surface area contributed by atoms with Crippen molar-refractivity contribution < 1.29 is 4.74 Å². The molecular weight excluding hydrogens is 332 g/mol. The van der Waals surface area contributed by atoms with Gasteiger partial charge < -0.3 is 10.1 Å². The van der Waals surface area contributed by atoms with Crippen LogP contribution in [0.4, 0.5) is 5.95 Å². The van der Waals surface area contributed by atoms with Crippen LogP contribution < -0.4 is 10.9 Å². The van der Waals surface area contributed by atoms with Crippen molar-refractivity contribution in [1.82, 2.24) is 24.8 Å². The molecule has 0 amide bonds. The summed E-state index contributed by atoms with van der Waals surface area (Å²) in [5.74, 6) is 0.440. The summed E-state index contributed by atoms with van der Waals surface area (Å²) in [6.07, 6.45) is 5.07. The van der Waals surface area contributed by atoms with E-state index in [1.807, 2.05) is 18.2 Å². The van der Waals surface area contributed by atoms with E-state index in [2.05, 4.69) is 30.2 Å². The molecule has 0 spiro atoms. The number of hydrogen-bond acceptors (Lipinski definition) is 7. The van der Waals surface area contributed by atoms with E-state index in [0.717, 1.165) is 44.0 Å². The lowest BCUT2D eigenvalue weighted by molar-refractivity contribution is 0.0398. The lowest BCUT2D eigenvalue weighted by Gasteiger charge is -2.26. The lowest BCUT2D eigenvalue weighted by atomic mass is 10.1. The molecule has 0 aliphatic carbocycles. The van der Waals surface area contributed by atoms with Crippen LogP contribution in [0, 0.1) is 0 Å². The van der Waals surface area contributed by atoms with Gasteiger partial charge in [-0.25, -0.2) is 4.98 Å². The number of aromatic amines is 1. The number of nitrogens with one attached hydrogen (secondary N) is 2. The van der Waals surface area contributed by atoms with Gasteiger partial charge in [-0.05, 0) is 29.3 Å². The molecule has 1 aliphatic rings. The second kappa shape index (κ2) is 7.59. The highest BCUT2D eigenvalue weighted by Gasteiger charge is 2.12. The number of nitrogens with zero attached hydrogens (tertiary/aromatic N) is 4. The zero-order chi connectivity index (χ0) is 17.8. The second-order valence-electron chi connectivity index (χ2n) is 6.09. The maximum atomic E-state index is 12.6. The molecule has 1 fully saturated rings. The van der Waals surface area contributed by atoms with E-state index in [0.29, 0.717) is 23.5 Å². The molecule has 3 aromatic rings. The first-order valence-electron chi connectivity index (χ1n) is 8.65. The molecule has 26 heavy (non-hydrogen) atoms. The molecule has 0 radical (unpaired) electrons. The van der Waals surface area contributed by atoms with Crippen LogP contribution in [0.3, 0.4) is 0 Å². The van der Waals surface area contributed by atoms with E-state index in [1.165, 1.54) is 0 Å². The Morgan fingerprint density at radius 2 is 1.96 bits per heavy atom. The standard InChI is InChI=1S/C18H20N6O2/c25-17-15-14(13-1-4-19-5-2-13)3-6-20-16(15)22-18(23-17)21-7-8-24-9-11-26-12-10-24/h1-6H,7-12H2,(H2,20,21,22,23,25). The molecule has 0 bridgehead atoms. The van der Waals surface area contributed by atoms with Crippen LogP contribution in [0.5, 0.6) is 0 Å². The number of pyridine rings is 2. The van der Waals surface area contributed by atoms with Crippen molar-refractivity contribution in [2.45, 2.75) is 0 Å². The number of fused-ring (bicyclic) bond motifs is 1. The summed E-state index contributed by atoms with van der Waals surface area (Å²) >= 11 is 0. The Hall–Kier alpha value is -2.84. The summed E-state index contributed by atoms with van der Waals surface area (Å²) in [7, 11) is 0. The molecule has 8 nitrogen and oxygen atoms in total. The minimum absolute atomic E-state index is 0.205. The molecule has 0 atom stereocenters. The number of H-pyrrole nitrogens is 1. The zero-order valence-corrected chi connectivity index (χ0v) is 14.3. The first-order chi connectivity index (χ1) is 12.8. The van der Waals surface area contributed by atoms with Gasteiger partial charge in [0.2, 0.25) is 5.95 Å². The largest absolute Gasteiger partial charge is 0.379 e. The molecule has 4 rings (SSSR count). The van der Waals surface area contributed by atoms with Gasteiger partial charge in [0.05, 0.1) is 18.6 Å². The van der Waals surface area contributed by atoms with Gasteiger partial charge in [-0.3, -0.25) is 19.7 Å². The Kier molecular flexibility index (Phi) is 4.85. The fourth-order valence-electron chi connectivity index (χ4n) is 3.08. The number of morpholine rings is 1. The molecule has 0 aromatic carbocycles. The number of anilines is 1. The maximum Gasteiger partial charge on any atom is 0.262 e. The Morgan fingerprint density at radius 1 is 1.15 bits per heavy atom. The van der Waals surface area contributed by atoms with E-state index in [-0.39, 0.29) is 5.56 Å². The molecule has 1 saturated heterocycles. The van der Waals surface area contributed by atoms with Gasteiger partial charge in [0.15, 0.2) is 5.65 Å². The topological polar surface area (TPSA) is 96.0 Å². The molecule has 2 N–H and O–H groups in total. The van der Waals surface area contributed by atoms with Crippen molar-refractivity contribution in [2.24, 2.45) is 0 Å². The molecule has 0 saturated carbocycles. The van der Waals surface area contributed by atoms with E-state index < -0.39 is 0 Å². The fourth-order valence-corrected chi connectivity index (χ4v) is 3.08. The van der Waals surface area contributed by atoms with E-state index >= 15 is 0 Å². The van der Waals surface area contributed by atoms with E-state index in [1.54, 1.807) is 18.6 Å². The molecule has 1 aliphatic heterocycles. The van der Waals surface area contributed by atoms with Crippen LogP contribution in [0.2, 0.25) is 0 Å². The smallest absolute Gasteiger partial charge is 0.262 e. The van der Waals surface area contributed by atoms with Crippen LogP contribution in [0.15, 0.2) is 41.6 Å². The monoisotopic (exact) mass is 352 g/mol. The van der Waals surface area contributed by atoms with Gasteiger partial charge in [0.25, 0.3) is 5.56 Å². The first-order valence-corrected chi connectivity index (χ1v) is 8.65. The number of rotatable bonds is 5. The van der Waals surface area contributed by atoms with Crippen molar-refractivity contribution >= 4 is 17.0 Å². The molecule has 8 heteroatoms. The van der Waals surface area contributed by atoms with Gasteiger partial charge in [-0.2, -0.15) is 4.98 Å².